The highest BCUT2D eigenvalue weighted by atomic mass is 32.3. The highest BCUT2D eigenvalue weighted by Crippen LogP contribution is 2.69. The maximum Gasteiger partial charge on any atom is 0.428 e. The van der Waals surface area contributed by atoms with Crippen molar-refractivity contribution in [3.05, 3.63) is 108 Å². The molecule has 0 saturated carbocycles. The van der Waals surface area contributed by atoms with Gasteiger partial charge in [-0.2, -0.15) is 0 Å². The van der Waals surface area contributed by atoms with Crippen molar-refractivity contribution in [3.8, 4) is 11.5 Å². The SMILES string of the molecule is O=S(=O)([OH+]S(c1ccccc1)(c1ccc(OC2CCCCO2)cc1)c1ccc(OC2CCCCO2)cc1)c1c(F)c(F)c(F)c(F)c1F. The second-order valence-corrected chi connectivity index (χ2v) is 15.6. The van der Waals surface area contributed by atoms with Gasteiger partial charge in [0.15, 0.2) is 35.8 Å². The third-order valence-corrected chi connectivity index (χ3v) is 13.3. The topological polar surface area (TPSA) is 83.9 Å². The fraction of sp³-hybridized carbons (Fsp3) is 0.294. The Morgan fingerprint density at radius 1 is 0.562 bits per heavy atom. The first-order valence-electron chi connectivity index (χ1n) is 15.3. The van der Waals surface area contributed by atoms with Crippen LogP contribution in [-0.4, -0.2) is 37.8 Å². The monoisotopic (exact) mass is 711 g/mol. The Labute approximate surface area is 276 Å². The van der Waals surface area contributed by atoms with Gasteiger partial charge in [-0.15, -0.1) is 8.42 Å². The third kappa shape index (κ3) is 6.90. The Kier molecular flexibility index (Phi) is 10.3. The van der Waals surface area contributed by atoms with Crippen molar-refractivity contribution in [2.75, 3.05) is 13.2 Å². The second-order valence-electron chi connectivity index (χ2n) is 11.1. The van der Waals surface area contributed by atoms with Crippen molar-refractivity contribution in [1.29, 1.82) is 0 Å². The number of benzene rings is 4. The number of hydrogen-bond donors (Lipinski definition) is 0. The fourth-order valence-corrected chi connectivity index (χ4v) is 11.1. The second kappa shape index (κ2) is 14.4. The van der Waals surface area contributed by atoms with Gasteiger partial charge in [-0.25, -0.2) is 22.0 Å². The van der Waals surface area contributed by atoms with Gasteiger partial charge in [0, 0.05) is 12.8 Å². The van der Waals surface area contributed by atoms with Gasteiger partial charge in [-0.1, -0.05) is 18.2 Å². The molecule has 256 valence electrons. The van der Waals surface area contributed by atoms with E-state index < -0.39 is 67.0 Å². The van der Waals surface area contributed by atoms with Crippen molar-refractivity contribution in [1.82, 2.24) is 0 Å². The molecule has 0 aromatic heterocycles. The number of hydrogen-bond acceptors (Lipinski definition) is 6. The molecule has 0 amide bonds. The van der Waals surface area contributed by atoms with Gasteiger partial charge >= 0.3 is 10.1 Å². The molecule has 2 heterocycles. The van der Waals surface area contributed by atoms with E-state index in [2.05, 4.69) is 3.63 Å². The Morgan fingerprint density at radius 3 is 1.40 bits per heavy atom. The van der Waals surface area contributed by atoms with Crippen molar-refractivity contribution < 1.29 is 52.9 Å². The molecule has 2 saturated heterocycles. The summed E-state index contributed by atoms with van der Waals surface area (Å²) >= 11 is 0. The highest BCUT2D eigenvalue weighted by molar-refractivity contribution is 8.32. The predicted octanol–water partition coefficient (Wildman–Crippen LogP) is 8.87. The average molecular weight is 712 g/mol. The lowest BCUT2D eigenvalue weighted by Gasteiger charge is -2.35. The maximum atomic E-state index is 15.0. The molecule has 2 atom stereocenters. The number of halogens is 5. The quantitative estimate of drug-likeness (QED) is 0.0538. The van der Waals surface area contributed by atoms with E-state index in [1.165, 1.54) is 0 Å². The molecule has 7 nitrogen and oxygen atoms in total. The van der Waals surface area contributed by atoms with Crippen LogP contribution in [-0.2, 0) is 19.6 Å². The maximum absolute atomic E-state index is 15.0. The molecule has 14 heteroatoms. The standard InChI is InChI=1S/C34H31F5O7S2/c35-29-30(36)32(38)34(33(39)31(29)37)48(40,41)46-47(24-8-2-1-3-9-24,25-16-12-22(13-17-25)44-27-10-4-6-20-42-27)26-18-14-23(15-19-26)45-28-11-5-7-21-43-28/h1-3,8-9,12-19,27-28H,4-7,10-11,20-21H2/p+1. The third-order valence-electron chi connectivity index (χ3n) is 7.86. The molecule has 0 spiro atoms. The Balaban J connectivity index is 1.49. The first kappa shape index (κ1) is 34.2. The van der Waals surface area contributed by atoms with Gasteiger partial charge < -0.3 is 18.9 Å². The number of ether oxygens (including phenoxy) is 4. The van der Waals surface area contributed by atoms with Crippen molar-refractivity contribution >= 4 is 20.4 Å². The molecule has 1 N–H and O–H groups in total. The summed E-state index contributed by atoms with van der Waals surface area (Å²) in [7, 11) is -9.00. The van der Waals surface area contributed by atoms with E-state index in [-0.39, 0.29) is 9.79 Å². The van der Waals surface area contributed by atoms with E-state index in [4.69, 9.17) is 18.9 Å². The minimum Gasteiger partial charge on any atom is -0.465 e. The van der Waals surface area contributed by atoms with E-state index in [1.807, 2.05) is 0 Å². The molecule has 4 aromatic carbocycles. The lowest BCUT2D eigenvalue weighted by Crippen LogP contribution is -2.25. The van der Waals surface area contributed by atoms with Crippen LogP contribution in [0.25, 0.3) is 0 Å². The summed E-state index contributed by atoms with van der Waals surface area (Å²) in [6.07, 6.45) is 4.08. The predicted molar refractivity (Wildman–Crippen MR) is 166 cm³/mol. The van der Waals surface area contributed by atoms with Crippen LogP contribution in [0, 0.1) is 29.1 Å². The summed E-state index contributed by atoms with van der Waals surface area (Å²) in [6.45, 7) is 1.09. The van der Waals surface area contributed by atoms with Gasteiger partial charge in [0.25, 0.3) is 0 Å². The van der Waals surface area contributed by atoms with Crippen LogP contribution in [0.4, 0.5) is 22.0 Å². The molecule has 2 unspecified atom stereocenters. The minimum absolute atomic E-state index is 0.266. The van der Waals surface area contributed by atoms with Crippen LogP contribution >= 0.6 is 10.3 Å². The highest BCUT2D eigenvalue weighted by Gasteiger charge is 2.47. The molecule has 4 aromatic rings. The summed E-state index contributed by atoms with van der Waals surface area (Å²) in [5, 5.41) is 0. The molecule has 48 heavy (non-hydrogen) atoms. The van der Waals surface area contributed by atoms with Crippen LogP contribution in [0.2, 0.25) is 0 Å². The number of rotatable bonds is 10. The molecule has 0 aliphatic carbocycles. The van der Waals surface area contributed by atoms with E-state index in [0.717, 1.165) is 25.7 Å². The summed E-state index contributed by atoms with van der Waals surface area (Å²) in [5.74, 6) is -11.5. The van der Waals surface area contributed by atoms with E-state index in [0.29, 0.717) is 42.4 Å². The summed E-state index contributed by atoms with van der Waals surface area (Å²) in [4.78, 5) is -1.22. The van der Waals surface area contributed by atoms with Crippen molar-refractivity contribution in [2.24, 2.45) is 0 Å². The van der Waals surface area contributed by atoms with E-state index in [1.54, 1.807) is 78.9 Å². The van der Waals surface area contributed by atoms with Crippen LogP contribution in [0.5, 0.6) is 11.5 Å². The smallest absolute Gasteiger partial charge is 0.428 e. The lowest BCUT2D eigenvalue weighted by atomic mass is 10.2. The normalized spacial score (nSPS) is 20.4. The zero-order valence-electron chi connectivity index (χ0n) is 25.4. The lowest BCUT2D eigenvalue weighted by molar-refractivity contribution is -0.106. The molecular formula is C34H32F5O7S2+. The van der Waals surface area contributed by atoms with E-state index in [9.17, 15) is 21.6 Å². The zero-order chi connectivity index (χ0) is 33.9. The Bertz CT molecular complexity index is 1740. The largest absolute Gasteiger partial charge is 0.465 e. The first-order chi connectivity index (χ1) is 23.1. The van der Waals surface area contributed by atoms with Gasteiger partial charge in [0.1, 0.15) is 11.5 Å². The van der Waals surface area contributed by atoms with Crippen molar-refractivity contribution in [2.45, 2.75) is 70.7 Å². The molecule has 2 aliphatic heterocycles. The van der Waals surface area contributed by atoms with Gasteiger partial charge in [-0.05, 0) is 86.3 Å². The molecule has 2 aliphatic rings. The Hall–Kier alpha value is -3.69. The molecule has 6 rings (SSSR count). The summed E-state index contributed by atoms with van der Waals surface area (Å²) < 4.78 is 128. The van der Waals surface area contributed by atoms with Crippen LogP contribution in [0.15, 0.2) is 98.4 Å². The molecule has 0 radical (unpaired) electrons. The molecular weight excluding hydrogens is 679 g/mol. The summed E-state index contributed by atoms with van der Waals surface area (Å²) in [6, 6.07) is 20.6. The first-order valence-corrected chi connectivity index (χ1v) is 18.3. The molecule has 0 bridgehead atoms. The summed E-state index contributed by atoms with van der Waals surface area (Å²) in [5.41, 5.74) is 0. The average Bonchev–Trinajstić information content (AvgIpc) is 3.11. The molecule has 2 fully saturated rings. The minimum atomic E-state index is -5.59. The van der Waals surface area contributed by atoms with Gasteiger partial charge in [0.2, 0.25) is 10.7 Å². The van der Waals surface area contributed by atoms with Gasteiger partial charge in [0.05, 0.1) is 38.2 Å². The van der Waals surface area contributed by atoms with Crippen LogP contribution in [0.1, 0.15) is 38.5 Å². The fourth-order valence-electron chi connectivity index (χ4n) is 5.49. The van der Waals surface area contributed by atoms with Gasteiger partial charge in [-0.3, -0.25) is 3.63 Å². The van der Waals surface area contributed by atoms with Crippen molar-refractivity contribution in [3.63, 3.8) is 0 Å². The van der Waals surface area contributed by atoms with Crippen LogP contribution in [0.3, 0.4) is 0 Å². The zero-order valence-corrected chi connectivity index (χ0v) is 27.1. The Morgan fingerprint density at radius 2 is 0.979 bits per heavy atom. The van der Waals surface area contributed by atoms with Crippen LogP contribution < -0.4 is 9.47 Å². The van der Waals surface area contributed by atoms with E-state index >= 15 is 8.78 Å².